The van der Waals surface area contributed by atoms with E-state index in [0.29, 0.717) is 11.3 Å². The van der Waals surface area contributed by atoms with Crippen molar-refractivity contribution in [3.8, 4) is 0 Å². The molecule has 0 bridgehead atoms. The molecule has 1 aromatic rings. The molecule has 0 aliphatic carbocycles. The van der Waals surface area contributed by atoms with Crippen molar-refractivity contribution in [2.75, 3.05) is 7.05 Å². The van der Waals surface area contributed by atoms with Gasteiger partial charge in [-0.1, -0.05) is 45.4 Å². The van der Waals surface area contributed by atoms with Crippen LogP contribution in [0.15, 0.2) is 18.2 Å². The highest BCUT2D eigenvalue weighted by Gasteiger charge is 2.21. The number of nitrogens with one attached hydrogen (secondary N) is 1. The van der Waals surface area contributed by atoms with Crippen LogP contribution in [0.5, 0.6) is 0 Å². The van der Waals surface area contributed by atoms with E-state index in [9.17, 15) is 4.39 Å². The Bertz CT molecular complexity index is 406. The molecule has 1 aromatic carbocycles. The molecular formula is C17H28FN. The lowest BCUT2D eigenvalue weighted by Crippen LogP contribution is -2.22. The van der Waals surface area contributed by atoms with Crippen LogP contribution in [0.4, 0.5) is 4.39 Å². The molecule has 0 spiro atoms. The van der Waals surface area contributed by atoms with Crippen LogP contribution in [0, 0.1) is 24.1 Å². The maximum Gasteiger partial charge on any atom is 0.127 e. The summed E-state index contributed by atoms with van der Waals surface area (Å²) < 4.78 is 14.0. The van der Waals surface area contributed by atoms with Crippen molar-refractivity contribution in [1.29, 1.82) is 0 Å². The van der Waals surface area contributed by atoms with Crippen LogP contribution in [0.1, 0.15) is 57.7 Å². The van der Waals surface area contributed by atoms with Crippen molar-refractivity contribution in [1.82, 2.24) is 5.32 Å². The van der Waals surface area contributed by atoms with Crippen LogP contribution in [0.2, 0.25) is 0 Å². The molecule has 108 valence electrons. The van der Waals surface area contributed by atoms with E-state index in [1.807, 2.05) is 26.1 Å². The molecule has 0 aromatic heterocycles. The number of hydrogen-bond donors (Lipinski definition) is 1. The summed E-state index contributed by atoms with van der Waals surface area (Å²) in [6.07, 6.45) is 2.12. The number of halogens is 1. The SMILES string of the molecule is CNC(CC(C)CC(C)(C)C)c1cc(C)ccc1F. The second kappa shape index (κ2) is 6.51. The van der Waals surface area contributed by atoms with Gasteiger partial charge in [-0.2, -0.15) is 0 Å². The Hall–Kier alpha value is -0.890. The molecule has 0 radical (unpaired) electrons. The van der Waals surface area contributed by atoms with Gasteiger partial charge in [0, 0.05) is 11.6 Å². The molecule has 0 aliphatic heterocycles. The molecule has 0 saturated heterocycles. The molecule has 2 heteroatoms. The predicted octanol–water partition coefficient (Wildman–Crippen LogP) is 4.86. The van der Waals surface area contributed by atoms with Crippen molar-refractivity contribution in [2.24, 2.45) is 11.3 Å². The Morgan fingerprint density at radius 3 is 2.42 bits per heavy atom. The van der Waals surface area contributed by atoms with E-state index >= 15 is 0 Å². The Balaban J connectivity index is 2.80. The van der Waals surface area contributed by atoms with Crippen LogP contribution in [0.3, 0.4) is 0 Å². The summed E-state index contributed by atoms with van der Waals surface area (Å²) in [6.45, 7) is 11.0. The van der Waals surface area contributed by atoms with Crippen LogP contribution < -0.4 is 5.32 Å². The summed E-state index contributed by atoms with van der Waals surface area (Å²) in [5, 5.41) is 3.26. The third-order valence-corrected chi connectivity index (χ3v) is 3.47. The smallest absolute Gasteiger partial charge is 0.127 e. The van der Waals surface area contributed by atoms with Gasteiger partial charge in [-0.25, -0.2) is 4.39 Å². The lowest BCUT2D eigenvalue weighted by Gasteiger charge is -2.27. The summed E-state index contributed by atoms with van der Waals surface area (Å²) in [5.41, 5.74) is 2.23. The third kappa shape index (κ3) is 5.32. The average Bonchev–Trinajstić information content (AvgIpc) is 2.27. The number of hydrogen-bond acceptors (Lipinski definition) is 1. The first kappa shape index (κ1) is 16.2. The van der Waals surface area contributed by atoms with Gasteiger partial charge < -0.3 is 5.32 Å². The second-order valence-electron chi connectivity index (χ2n) is 6.97. The van der Waals surface area contributed by atoms with Crippen molar-refractivity contribution in [3.05, 3.63) is 35.1 Å². The maximum atomic E-state index is 14.0. The molecule has 0 aliphatic rings. The summed E-state index contributed by atoms with van der Waals surface area (Å²) in [5.74, 6) is 0.463. The highest BCUT2D eigenvalue weighted by atomic mass is 19.1. The minimum Gasteiger partial charge on any atom is -0.313 e. The van der Waals surface area contributed by atoms with Crippen molar-refractivity contribution in [3.63, 3.8) is 0 Å². The summed E-state index contributed by atoms with van der Waals surface area (Å²) in [7, 11) is 1.91. The minimum absolute atomic E-state index is 0.0947. The first-order chi connectivity index (χ1) is 8.73. The summed E-state index contributed by atoms with van der Waals surface area (Å²) in [6, 6.07) is 5.45. The molecule has 2 atom stereocenters. The Morgan fingerprint density at radius 2 is 1.89 bits per heavy atom. The summed E-state index contributed by atoms with van der Waals surface area (Å²) in [4.78, 5) is 0. The van der Waals surface area contributed by atoms with Crippen LogP contribution in [0.25, 0.3) is 0 Å². The Morgan fingerprint density at radius 1 is 1.26 bits per heavy atom. The zero-order valence-corrected chi connectivity index (χ0v) is 13.2. The molecular weight excluding hydrogens is 237 g/mol. The number of aryl methyl sites for hydroxylation is 1. The fraction of sp³-hybridized carbons (Fsp3) is 0.647. The van der Waals surface area contributed by atoms with E-state index in [2.05, 4.69) is 33.0 Å². The Labute approximate surface area is 117 Å². The van der Waals surface area contributed by atoms with E-state index in [1.165, 1.54) is 0 Å². The van der Waals surface area contributed by atoms with E-state index in [-0.39, 0.29) is 11.9 Å². The van der Waals surface area contributed by atoms with Crippen LogP contribution in [-0.2, 0) is 0 Å². The lowest BCUT2D eigenvalue weighted by atomic mass is 9.82. The van der Waals surface area contributed by atoms with Crippen molar-refractivity contribution < 1.29 is 4.39 Å². The highest BCUT2D eigenvalue weighted by molar-refractivity contribution is 5.26. The number of benzene rings is 1. The van der Waals surface area contributed by atoms with Gasteiger partial charge in [0.1, 0.15) is 5.82 Å². The van der Waals surface area contributed by atoms with Crippen molar-refractivity contribution >= 4 is 0 Å². The molecule has 0 saturated carbocycles. The van der Waals surface area contributed by atoms with E-state index in [1.54, 1.807) is 6.07 Å². The fourth-order valence-electron chi connectivity index (χ4n) is 2.86. The van der Waals surface area contributed by atoms with Gasteiger partial charge in [0.25, 0.3) is 0 Å². The maximum absolute atomic E-state index is 14.0. The quantitative estimate of drug-likeness (QED) is 0.802. The molecule has 0 fully saturated rings. The molecule has 1 nitrogen and oxygen atoms in total. The molecule has 1 rings (SSSR count). The zero-order chi connectivity index (χ0) is 14.6. The molecule has 19 heavy (non-hydrogen) atoms. The minimum atomic E-state index is -0.104. The average molecular weight is 265 g/mol. The van der Waals surface area contributed by atoms with Crippen molar-refractivity contribution in [2.45, 2.75) is 53.5 Å². The van der Waals surface area contributed by atoms with Gasteiger partial charge in [0.05, 0.1) is 0 Å². The number of rotatable bonds is 5. The van der Waals surface area contributed by atoms with E-state index in [4.69, 9.17) is 0 Å². The first-order valence-corrected chi connectivity index (χ1v) is 7.16. The van der Waals surface area contributed by atoms with Gasteiger partial charge in [-0.15, -0.1) is 0 Å². The molecule has 2 unspecified atom stereocenters. The normalized spacial score (nSPS) is 15.3. The van der Waals surface area contributed by atoms with Gasteiger partial charge in [-0.05, 0) is 44.2 Å². The van der Waals surface area contributed by atoms with Gasteiger partial charge in [0.15, 0.2) is 0 Å². The van der Waals surface area contributed by atoms with E-state index < -0.39 is 0 Å². The van der Waals surface area contributed by atoms with Crippen LogP contribution in [-0.4, -0.2) is 7.05 Å². The summed E-state index contributed by atoms with van der Waals surface area (Å²) >= 11 is 0. The molecule has 0 heterocycles. The second-order valence-corrected chi connectivity index (χ2v) is 6.97. The standard InChI is InChI=1S/C17H28FN/c1-12-7-8-15(18)14(9-12)16(19-6)10-13(2)11-17(3,4)5/h7-9,13,16,19H,10-11H2,1-6H3. The zero-order valence-electron chi connectivity index (χ0n) is 13.2. The Kier molecular flexibility index (Phi) is 5.54. The molecule has 1 N–H and O–H groups in total. The molecule has 0 amide bonds. The monoisotopic (exact) mass is 265 g/mol. The fourth-order valence-corrected chi connectivity index (χ4v) is 2.86. The topological polar surface area (TPSA) is 12.0 Å². The lowest BCUT2D eigenvalue weighted by molar-refractivity contribution is 0.277. The van der Waals surface area contributed by atoms with Crippen LogP contribution >= 0.6 is 0 Å². The van der Waals surface area contributed by atoms with E-state index in [0.717, 1.165) is 24.0 Å². The highest BCUT2D eigenvalue weighted by Crippen LogP contribution is 2.31. The third-order valence-electron chi connectivity index (χ3n) is 3.47. The van der Waals surface area contributed by atoms with Gasteiger partial charge in [0.2, 0.25) is 0 Å². The predicted molar refractivity (Wildman–Crippen MR) is 80.8 cm³/mol. The van der Waals surface area contributed by atoms with Gasteiger partial charge in [-0.3, -0.25) is 0 Å². The first-order valence-electron chi connectivity index (χ1n) is 7.16. The largest absolute Gasteiger partial charge is 0.313 e. The van der Waals surface area contributed by atoms with Gasteiger partial charge >= 0.3 is 0 Å².